The molecule has 1 unspecified atom stereocenters. The summed E-state index contributed by atoms with van der Waals surface area (Å²) in [5.41, 5.74) is 0.619. The second kappa shape index (κ2) is 6.20. The van der Waals surface area contributed by atoms with E-state index in [-0.39, 0.29) is 17.0 Å². The van der Waals surface area contributed by atoms with Gasteiger partial charge in [-0.25, -0.2) is 13.6 Å². The smallest absolute Gasteiger partial charge is 0.320 e. The van der Waals surface area contributed by atoms with Crippen molar-refractivity contribution in [1.29, 1.82) is 0 Å². The molecular formula is C12H17N5O3S. The maximum absolute atomic E-state index is 11.2. The highest BCUT2D eigenvalue weighted by Crippen LogP contribution is 2.19. The van der Waals surface area contributed by atoms with Crippen molar-refractivity contribution in [2.24, 2.45) is 5.14 Å². The highest BCUT2D eigenvalue weighted by atomic mass is 32.2. The molecule has 2 aromatic rings. The first-order valence-electron chi connectivity index (χ1n) is 6.37. The van der Waals surface area contributed by atoms with Gasteiger partial charge in [0.2, 0.25) is 15.9 Å². The highest BCUT2D eigenvalue weighted by molar-refractivity contribution is 7.89. The lowest BCUT2D eigenvalue weighted by atomic mass is 10.3. The van der Waals surface area contributed by atoms with Crippen LogP contribution in [-0.4, -0.2) is 25.2 Å². The number of hydrogen-bond acceptors (Lipinski definition) is 7. The lowest BCUT2D eigenvalue weighted by Gasteiger charge is -2.06. The molecule has 4 N–H and O–H groups in total. The molecule has 0 fully saturated rings. The van der Waals surface area contributed by atoms with E-state index in [9.17, 15) is 8.42 Å². The molecule has 0 spiro atoms. The molecule has 21 heavy (non-hydrogen) atoms. The Hall–Kier alpha value is -1.97. The molecule has 2 rings (SSSR count). The van der Waals surface area contributed by atoms with Crippen LogP contribution >= 0.6 is 0 Å². The van der Waals surface area contributed by atoms with Crippen LogP contribution in [0.15, 0.2) is 33.6 Å². The fourth-order valence-electron chi connectivity index (χ4n) is 1.70. The van der Waals surface area contributed by atoms with Crippen molar-refractivity contribution in [2.45, 2.75) is 24.8 Å². The van der Waals surface area contributed by atoms with Crippen LogP contribution in [0.3, 0.4) is 0 Å². The van der Waals surface area contributed by atoms with Gasteiger partial charge in [0.1, 0.15) is 0 Å². The first-order valence-corrected chi connectivity index (χ1v) is 7.91. The Balaban J connectivity index is 2.08. The maximum Gasteiger partial charge on any atom is 0.320 e. The zero-order valence-electron chi connectivity index (χ0n) is 11.7. The van der Waals surface area contributed by atoms with Crippen molar-refractivity contribution in [2.75, 3.05) is 11.9 Å². The average Bonchev–Trinajstić information content (AvgIpc) is 2.87. The number of benzene rings is 1. The fourth-order valence-corrected chi connectivity index (χ4v) is 2.22. The number of aromatic nitrogens is 2. The summed E-state index contributed by atoms with van der Waals surface area (Å²) in [6.45, 7) is 4.70. The van der Waals surface area contributed by atoms with Gasteiger partial charge >= 0.3 is 6.01 Å². The van der Waals surface area contributed by atoms with Gasteiger partial charge in [-0.15, -0.1) is 5.10 Å². The van der Waals surface area contributed by atoms with Crippen LogP contribution in [0.1, 0.15) is 25.8 Å². The van der Waals surface area contributed by atoms with Crippen molar-refractivity contribution in [3.63, 3.8) is 0 Å². The number of nitrogens with zero attached hydrogens (tertiary/aromatic N) is 2. The van der Waals surface area contributed by atoms with Crippen molar-refractivity contribution in [3.05, 3.63) is 30.2 Å². The SMILES string of the molecule is CCNC(C)c1nnc(Nc2ccc(S(N)(=O)=O)cc2)o1. The molecule has 1 heterocycles. The lowest BCUT2D eigenvalue weighted by Crippen LogP contribution is -2.17. The number of hydrogen-bond donors (Lipinski definition) is 3. The Kier molecular flexibility index (Phi) is 4.56. The van der Waals surface area contributed by atoms with E-state index < -0.39 is 10.0 Å². The molecular weight excluding hydrogens is 294 g/mol. The topological polar surface area (TPSA) is 123 Å². The van der Waals surface area contributed by atoms with E-state index in [1.807, 2.05) is 13.8 Å². The molecule has 0 radical (unpaired) electrons. The molecule has 9 heteroatoms. The van der Waals surface area contributed by atoms with Crippen LogP contribution in [0.2, 0.25) is 0 Å². The largest absolute Gasteiger partial charge is 0.406 e. The summed E-state index contributed by atoms with van der Waals surface area (Å²) in [6.07, 6.45) is 0. The van der Waals surface area contributed by atoms with Gasteiger partial charge in [-0.3, -0.25) is 0 Å². The molecule has 1 atom stereocenters. The van der Waals surface area contributed by atoms with Crippen LogP contribution < -0.4 is 15.8 Å². The second-order valence-corrected chi connectivity index (χ2v) is 5.98. The summed E-state index contributed by atoms with van der Waals surface area (Å²) >= 11 is 0. The molecule has 0 aliphatic rings. The summed E-state index contributed by atoms with van der Waals surface area (Å²) in [4.78, 5) is 0.0417. The van der Waals surface area contributed by atoms with Gasteiger partial charge in [-0.05, 0) is 37.7 Å². The van der Waals surface area contributed by atoms with E-state index in [1.54, 1.807) is 12.1 Å². The van der Waals surface area contributed by atoms with E-state index >= 15 is 0 Å². The summed E-state index contributed by atoms with van der Waals surface area (Å²) in [5, 5.41) is 18.9. The van der Waals surface area contributed by atoms with E-state index in [4.69, 9.17) is 9.56 Å². The summed E-state index contributed by atoms with van der Waals surface area (Å²) in [6, 6.07) is 6.13. The van der Waals surface area contributed by atoms with Crippen molar-refractivity contribution in [3.8, 4) is 0 Å². The number of rotatable bonds is 6. The highest BCUT2D eigenvalue weighted by Gasteiger charge is 2.13. The standard InChI is InChI=1S/C12H17N5O3S/c1-3-14-8(2)11-16-17-12(20-11)15-9-4-6-10(7-5-9)21(13,18)19/h4-8,14H,3H2,1-2H3,(H,15,17)(H2,13,18,19). The predicted octanol–water partition coefficient (Wildman–Crippen LogP) is 1.13. The normalized spacial score (nSPS) is 13.1. The Labute approximate surface area is 122 Å². The Morgan fingerprint density at radius 1 is 1.29 bits per heavy atom. The van der Waals surface area contributed by atoms with E-state index in [0.717, 1.165) is 6.54 Å². The van der Waals surface area contributed by atoms with Gasteiger partial charge in [-0.1, -0.05) is 12.0 Å². The Morgan fingerprint density at radius 2 is 1.95 bits per heavy atom. The molecule has 114 valence electrons. The zero-order valence-corrected chi connectivity index (χ0v) is 12.5. The number of nitrogens with one attached hydrogen (secondary N) is 2. The third kappa shape index (κ3) is 4.00. The molecule has 8 nitrogen and oxygen atoms in total. The molecule has 0 aliphatic heterocycles. The third-order valence-corrected chi connectivity index (χ3v) is 3.68. The third-order valence-electron chi connectivity index (χ3n) is 2.76. The molecule has 0 saturated heterocycles. The quantitative estimate of drug-likeness (QED) is 0.730. The molecule has 1 aromatic carbocycles. The minimum absolute atomic E-state index is 0.0391. The number of anilines is 2. The van der Waals surface area contributed by atoms with E-state index in [1.165, 1.54) is 12.1 Å². The number of primary sulfonamides is 1. The van der Waals surface area contributed by atoms with Gasteiger partial charge in [0.05, 0.1) is 10.9 Å². The van der Waals surface area contributed by atoms with Crippen LogP contribution in [0.4, 0.5) is 11.7 Å². The van der Waals surface area contributed by atoms with Crippen LogP contribution in [0.25, 0.3) is 0 Å². The van der Waals surface area contributed by atoms with Gasteiger partial charge in [0.25, 0.3) is 0 Å². The summed E-state index contributed by atoms with van der Waals surface area (Å²) < 4.78 is 27.8. The minimum atomic E-state index is -3.69. The van der Waals surface area contributed by atoms with Crippen molar-refractivity contribution >= 4 is 21.7 Å². The molecule has 0 saturated carbocycles. The van der Waals surface area contributed by atoms with Crippen molar-refractivity contribution < 1.29 is 12.8 Å². The zero-order chi connectivity index (χ0) is 15.5. The Morgan fingerprint density at radius 3 is 2.52 bits per heavy atom. The first kappa shape index (κ1) is 15.4. The number of sulfonamides is 1. The monoisotopic (exact) mass is 311 g/mol. The summed E-state index contributed by atoms with van der Waals surface area (Å²) in [7, 11) is -3.69. The predicted molar refractivity (Wildman–Crippen MR) is 77.5 cm³/mol. The molecule has 0 bridgehead atoms. The van der Waals surface area contributed by atoms with Gasteiger partial charge < -0.3 is 15.1 Å². The van der Waals surface area contributed by atoms with Gasteiger partial charge in [0, 0.05) is 5.69 Å². The molecule has 1 aromatic heterocycles. The molecule has 0 amide bonds. The van der Waals surface area contributed by atoms with Crippen molar-refractivity contribution in [1.82, 2.24) is 15.5 Å². The van der Waals surface area contributed by atoms with Crippen LogP contribution in [-0.2, 0) is 10.0 Å². The lowest BCUT2D eigenvalue weighted by molar-refractivity contribution is 0.430. The minimum Gasteiger partial charge on any atom is -0.406 e. The summed E-state index contributed by atoms with van der Waals surface area (Å²) in [5.74, 6) is 0.473. The first-order chi connectivity index (χ1) is 9.90. The maximum atomic E-state index is 11.2. The van der Waals surface area contributed by atoms with Crippen LogP contribution in [0, 0.1) is 0 Å². The van der Waals surface area contributed by atoms with Crippen LogP contribution in [0.5, 0.6) is 0 Å². The fraction of sp³-hybridized carbons (Fsp3) is 0.333. The average molecular weight is 311 g/mol. The molecule has 0 aliphatic carbocycles. The van der Waals surface area contributed by atoms with E-state index in [0.29, 0.717) is 11.6 Å². The van der Waals surface area contributed by atoms with Gasteiger partial charge in [-0.2, -0.15) is 0 Å². The number of nitrogens with two attached hydrogens (primary N) is 1. The Bertz CT molecular complexity index is 696. The second-order valence-electron chi connectivity index (χ2n) is 4.42. The van der Waals surface area contributed by atoms with E-state index in [2.05, 4.69) is 20.8 Å². The van der Waals surface area contributed by atoms with Gasteiger partial charge in [0.15, 0.2) is 0 Å².